The van der Waals surface area contributed by atoms with Gasteiger partial charge in [0, 0.05) is 6.04 Å². The molecule has 1 aromatic rings. The lowest BCUT2D eigenvalue weighted by atomic mass is 10.1. The van der Waals surface area contributed by atoms with E-state index >= 15 is 0 Å². The maximum absolute atomic E-state index is 12.4. The number of nitrogens with one attached hydrogen (secondary N) is 1. The summed E-state index contributed by atoms with van der Waals surface area (Å²) in [6, 6.07) is 4.91. The molecular weight excluding hydrogens is 291 g/mol. The molecule has 0 aliphatic carbocycles. The van der Waals surface area contributed by atoms with Crippen LogP contribution >= 0.6 is 11.6 Å². The molecule has 0 heterocycles. The molecule has 20 heavy (non-hydrogen) atoms. The van der Waals surface area contributed by atoms with Gasteiger partial charge in [-0.2, -0.15) is 13.2 Å². The van der Waals surface area contributed by atoms with Gasteiger partial charge in [-0.1, -0.05) is 24.6 Å². The van der Waals surface area contributed by atoms with Gasteiger partial charge in [0.05, 0.1) is 5.02 Å². The first-order valence-corrected chi connectivity index (χ1v) is 6.89. The molecule has 0 bridgehead atoms. The molecule has 1 rings (SSSR count). The number of hydrogen-bond acceptors (Lipinski definition) is 2. The second-order valence-electron chi connectivity index (χ2n) is 4.67. The Morgan fingerprint density at radius 1 is 1.30 bits per heavy atom. The third kappa shape index (κ3) is 4.87. The van der Waals surface area contributed by atoms with Crippen molar-refractivity contribution in [1.82, 2.24) is 5.32 Å². The summed E-state index contributed by atoms with van der Waals surface area (Å²) in [4.78, 5) is 0. The van der Waals surface area contributed by atoms with E-state index in [1.807, 2.05) is 6.92 Å². The molecule has 0 aliphatic heterocycles. The highest BCUT2D eigenvalue weighted by molar-refractivity contribution is 6.32. The third-order valence-corrected chi connectivity index (χ3v) is 3.22. The van der Waals surface area contributed by atoms with Crippen molar-refractivity contribution in [2.75, 3.05) is 6.54 Å². The minimum atomic E-state index is -4.40. The number of benzene rings is 1. The van der Waals surface area contributed by atoms with Crippen LogP contribution in [-0.4, -0.2) is 18.8 Å². The number of ether oxygens (including phenoxy) is 1. The maximum Gasteiger partial charge on any atom is 0.425 e. The standard InChI is InChI=1S/C14H19ClF3NO/c1-4-7-19-9(2)11-5-6-13(12(15)8-11)20-10(3)14(16,17)18/h5-6,8-10,19H,4,7H2,1-3H3. The van der Waals surface area contributed by atoms with Crippen molar-refractivity contribution < 1.29 is 17.9 Å². The van der Waals surface area contributed by atoms with Crippen LogP contribution in [0.5, 0.6) is 5.75 Å². The lowest BCUT2D eigenvalue weighted by Gasteiger charge is -2.20. The molecule has 0 radical (unpaired) electrons. The van der Waals surface area contributed by atoms with Crippen molar-refractivity contribution in [3.8, 4) is 5.75 Å². The van der Waals surface area contributed by atoms with Crippen LogP contribution in [-0.2, 0) is 0 Å². The minimum Gasteiger partial charge on any atom is -0.480 e. The largest absolute Gasteiger partial charge is 0.480 e. The zero-order valence-electron chi connectivity index (χ0n) is 11.7. The number of rotatable bonds is 6. The molecule has 0 spiro atoms. The number of halogens is 4. The van der Waals surface area contributed by atoms with Crippen molar-refractivity contribution in [3.63, 3.8) is 0 Å². The van der Waals surface area contributed by atoms with E-state index in [-0.39, 0.29) is 16.8 Å². The molecule has 2 nitrogen and oxygen atoms in total. The Hall–Kier alpha value is -0.940. The molecule has 1 N–H and O–H groups in total. The van der Waals surface area contributed by atoms with Gasteiger partial charge in [0.25, 0.3) is 0 Å². The Morgan fingerprint density at radius 2 is 1.95 bits per heavy atom. The summed E-state index contributed by atoms with van der Waals surface area (Å²) in [5.74, 6) is 0.0444. The van der Waals surface area contributed by atoms with Crippen molar-refractivity contribution in [1.29, 1.82) is 0 Å². The first-order chi connectivity index (χ1) is 9.25. The van der Waals surface area contributed by atoms with Crippen LogP contribution in [0.4, 0.5) is 13.2 Å². The van der Waals surface area contributed by atoms with Crippen molar-refractivity contribution in [2.24, 2.45) is 0 Å². The quantitative estimate of drug-likeness (QED) is 0.820. The molecule has 0 aliphatic rings. The SMILES string of the molecule is CCCNC(C)c1ccc(OC(C)C(F)(F)F)c(Cl)c1. The zero-order chi connectivity index (χ0) is 15.3. The normalized spacial score (nSPS) is 14.9. The summed E-state index contributed by atoms with van der Waals surface area (Å²) in [5.41, 5.74) is 0.912. The van der Waals surface area contributed by atoms with Crippen molar-refractivity contribution >= 4 is 11.6 Å². The van der Waals surface area contributed by atoms with Gasteiger partial charge in [0.2, 0.25) is 0 Å². The Kier molecular flexibility index (Phi) is 6.14. The number of alkyl halides is 3. The Bertz CT molecular complexity index is 437. The summed E-state index contributed by atoms with van der Waals surface area (Å²) in [5, 5.41) is 3.46. The predicted molar refractivity (Wildman–Crippen MR) is 74.3 cm³/mol. The van der Waals surface area contributed by atoms with Gasteiger partial charge >= 0.3 is 6.18 Å². The van der Waals surface area contributed by atoms with E-state index in [1.165, 1.54) is 6.07 Å². The first-order valence-electron chi connectivity index (χ1n) is 6.52. The summed E-state index contributed by atoms with van der Waals surface area (Å²) in [7, 11) is 0. The molecule has 1 aromatic carbocycles. The summed E-state index contributed by atoms with van der Waals surface area (Å²) >= 11 is 5.98. The third-order valence-electron chi connectivity index (χ3n) is 2.92. The smallest absolute Gasteiger partial charge is 0.425 e. The van der Waals surface area contributed by atoms with E-state index in [2.05, 4.69) is 12.2 Å². The lowest BCUT2D eigenvalue weighted by Crippen LogP contribution is -2.31. The molecule has 114 valence electrons. The Morgan fingerprint density at radius 3 is 2.45 bits per heavy atom. The number of hydrogen-bond donors (Lipinski definition) is 1. The van der Waals surface area contributed by atoms with Crippen LogP contribution < -0.4 is 10.1 Å². The van der Waals surface area contributed by atoms with E-state index in [4.69, 9.17) is 16.3 Å². The van der Waals surface area contributed by atoms with Crippen molar-refractivity contribution in [3.05, 3.63) is 28.8 Å². The van der Waals surface area contributed by atoms with Gasteiger partial charge in [-0.15, -0.1) is 0 Å². The molecule has 2 atom stereocenters. The molecule has 6 heteroatoms. The highest BCUT2D eigenvalue weighted by atomic mass is 35.5. The molecule has 2 unspecified atom stereocenters. The fourth-order valence-electron chi connectivity index (χ4n) is 1.62. The second-order valence-corrected chi connectivity index (χ2v) is 5.07. The molecule has 0 aromatic heterocycles. The predicted octanol–water partition coefficient (Wildman–Crippen LogP) is 4.73. The first kappa shape index (κ1) is 17.1. The van der Waals surface area contributed by atoms with Gasteiger partial charge in [-0.25, -0.2) is 0 Å². The van der Waals surface area contributed by atoms with E-state index in [0.29, 0.717) is 0 Å². The van der Waals surface area contributed by atoms with Crippen LogP contribution in [0.2, 0.25) is 5.02 Å². The van der Waals surface area contributed by atoms with E-state index < -0.39 is 12.3 Å². The maximum atomic E-state index is 12.4. The second kappa shape index (κ2) is 7.18. The van der Waals surface area contributed by atoms with Gasteiger partial charge in [0.15, 0.2) is 6.10 Å². The summed E-state index contributed by atoms with van der Waals surface area (Å²) in [6.07, 6.45) is -5.29. The van der Waals surface area contributed by atoms with Gasteiger partial charge in [0.1, 0.15) is 5.75 Å². The lowest BCUT2D eigenvalue weighted by molar-refractivity contribution is -0.189. The highest BCUT2D eigenvalue weighted by Gasteiger charge is 2.38. The molecular formula is C14H19ClF3NO. The monoisotopic (exact) mass is 309 g/mol. The molecule has 0 saturated heterocycles. The average Bonchev–Trinajstić information content (AvgIpc) is 2.37. The van der Waals surface area contributed by atoms with Crippen LogP contribution in [0.1, 0.15) is 38.8 Å². The van der Waals surface area contributed by atoms with Gasteiger partial charge in [-0.3, -0.25) is 0 Å². The van der Waals surface area contributed by atoms with E-state index in [0.717, 1.165) is 25.5 Å². The van der Waals surface area contributed by atoms with E-state index in [1.54, 1.807) is 12.1 Å². The topological polar surface area (TPSA) is 21.3 Å². The fourth-order valence-corrected chi connectivity index (χ4v) is 1.85. The molecule has 0 saturated carbocycles. The molecule has 0 amide bonds. The van der Waals surface area contributed by atoms with Crippen LogP contribution in [0.15, 0.2) is 18.2 Å². The summed E-state index contributed by atoms with van der Waals surface area (Å²) < 4.78 is 42.2. The van der Waals surface area contributed by atoms with Crippen molar-refractivity contribution in [2.45, 2.75) is 45.5 Å². The Labute approximate surface area is 122 Å². The van der Waals surface area contributed by atoms with Crippen LogP contribution in [0, 0.1) is 0 Å². The summed E-state index contributed by atoms with van der Waals surface area (Å²) in [6.45, 7) is 5.85. The fraction of sp³-hybridized carbons (Fsp3) is 0.571. The highest BCUT2D eigenvalue weighted by Crippen LogP contribution is 2.31. The van der Waals surface area contributed by atoms with Crippen LogP contribution in [0.3, 0.4) is 0 Å². The minimum absolute atomic E-state index is 0.0444. The van der Waals surface area contributed by atoms with Gasteiger partial charge in [-0.05, 0) is 44.5 Å². The molecule has 0 fully saturated rings. The average molecular weight is 310 g/mol. The van der Waals surface area contributed by atoms with E-state index in [9.17, 15) is 13.2 Å². The Balaban J connectivity index is 2.78. The zero-order valence-corrected chi connectivity index (χ0v) is 12.5. The van der Waals surface area contributed by atoms with Crippen LogP contribution in [0.25, 0.3) is 0 Å². The van der Waals surface area contributed by atoms with Gasteiger partial charge < -0.3 is 10.1 Å².